The molecule has 2 atom stereocenters. The van der Waals surface area contributed by atoms with Crippen molar-refractivity contribution in [3.05, 3.63) is 35.9 Å². The second-order valence-corrected chi connectivity index (χ2v) is 5.13. The van der Waals surface area contributed by atoms with Gasteiger partial charge in [0, 0.05) is 6.04 Å². The predicted molar refractivity (Wildman–Crippen MR) is 70.7 cm³/mol. The van der Waals surface area contributed by atoms with Crippen LogP contribution in [0.25, 0.3) is 0 Å². The van der Waals surface area contributed by atoms with E-state index in [1.54, 1.807) is 0 Å². The van der Waals surface area contributed by atoms with E-state index in [-0.39, 0.29) is 23.9 Å². The van der Waals surface area contributed by atoms with Gasteiger partial charge in [-0.05, 0) is 17.4 Å². The van der Waals surface area contributed by atoms with E-state index in [0.29, 0.717) is 6.42 Å². The summed E-state index contributed by atoms with van der Waals surface area (Å²) in [5.41, 5.74) is 7.01. The molecule has 0 bridgehead atoms. The predicted octanol–water partition coefficient (Wildman–Crippen LogP) is 2.91. The van der Waals surface area contributed by atoms with Crippen molar-refractivity contribution in [3.63, 3.8) is 0 Å². The van der Waals surface area contributed by atoms with E-state index in [0.717, 1.165) is 5.56 Å². The Balaban J connectivity index is 0.00000225. The Morgan fingerprint density at radius 1 is 1.19 bits per heavy atom. The summed E-state index contributed by atoms with van der Waals surface area (Å²) in [6.45, 7) is 6.28. The first-order valence-corrected chi connectivity index (χ1v) is 5.40. The quantitative estimate of drug-likeness (QED) is 0.858. The fourth-order valence-electron chi connectivity index (χ4n) is 1.41. The molecule has 1 aromatic rings. The van der Waals surface area contributed by atoms with Gasteiger partial charge in [-0.25, -0.2) is 0 Å². The van der Waals surface area contributed by atoms with Crippen LogP contribution in [0, 0.1) is 5.41 Å². The SMILES string of the molecule is CC(C)(C)[C@H](N)C[C@H](O)c1ccccc1.Cl. The zero-order valence-corrected chi connectivity index (χ0v) is 11.0. The van der Waals surface area contributed by atoms with Gasteiger partial charge < -0.3 is 10.8 Å². The van der Waals surface area contributed by atoms with Crippen LogP contribution in [0.4, 0.5) is 0 Å². The molecule has 0 unspecified atom stereocenters. The molecule has 92 valence electrons. The van der Waals surface area contributed by atoms with E-state index in [4.69, 9.17) is 5.73 Å². The first-order valence-electron chi connectivity index (χ1n) is 5.40. The fraction of sp³-hybridized carbons (Fsp3) is 0.538. The van der Waals surface area contributed by atoms with Gasteiger partial charge in [-0.15, -0.1) is 12.4 Å². The van der Waals surface area contributed by atoms with Crippen LogP contribution in [-0.4, -0.2) is 11.1 Å². The average Bonchev–Trinajstić information content (AvgIpc) is 2.17. The maximum atomic E-state index is 9.97. The van der Waals surface area contributed by atoms with Crippen LogP contribution in [0.2, 0.25) is 0 Å². The van der Waals surface area contributed by atoms with Gasteiger partial charge >= 0.3 is 0 Å². The van der Waals surface area contributed by atoms with Crippen molar-refractivity contribution in [1.82, 2.24) is 0 Å². The lowest BCUT2D eigenvalue weighted by atomic mass is 9.83. The molecule has 1 aromatic carbocycles. The summed E-state index contributed by atoms with van der Waals surface area (Å²) in [5.74, 6) is 0. The van der Waals surface area contributed by atoms with Crippen LogP contribution in [0.15, 0.2) is 30.3 Å². The molecule has 0 saturated carbocycles. The molecule has 2 nitrogen and oxygen atoms in total. The van der Waals surface area contributed by atoms with Crippen molar-refractivity contribution < 1.29 is 5.11 Å². The molecule has 0 amide bonds. The maximum Gasteiger partial charge on any atom is 0.0805 e. The number of nitrogens with two attached hydrogens (primary N) is 1. The number of benzene rings is 1. The third kappa shape index (κ3) is 4.52. The molecule has 0 aliphatic rings. The number of aliphatic hydroxyl groups excluding tert-OH is 1. The standard InChI is InChI=1S/C13H21NO.ClH/c1-13(2,3)12(14)9-11(15)10-7-5-4-6-8-10;/h4-8,11-12,15H,9,14H2,1-3H3;1H/t11-,12+;/m0./s1. The minimum atomic E-state index is -0.458. The lowest BCUT2D eigenvalue weighted by Crippen LogP contribution is -2.36. The number of rotatable bonds is 3. The van der Waals surface area contributed by atoms with Crippen LogP contribution >= 0.6 is 12.4 Å². The van der Waals surface area contributed by atoms with Crippen molar-refractivity contribution in [2.24, 2.45) is 11.1 Å². The second kappa shape index (κ2) is 6.24. The van der Waals surface area contributed by atoms with Gasteiger partial charge in [0.2, 0.25) is 0 Å². The summed E-state index contributed by atoms with van der Waals surface area (Å²) in [7, 11) is 0. The van der Waals surface area contributed by atoms with E-state index in [9.17, 15) is 5.11 Å². The van der Waals surface area contributed by atoms with Crippen LogP contribution < -0.4 is 5.73 Å². The Bertz CT molecular complexity index is 295. The summed E-state index contributed by atoms with van der Waals surface area (Å²) < 4.78 is 0. The van der Waals surface area contributed by atoms with Gasteiger partial charge in [-0.2, -0.15) is 0 Å². The van der Waals surface area contributed by atoms with Crippen LogP contribution in [0.1, 0.15) is 38.9 Å². The molecule has 0 aliphatic heterocycles. The molecular weight excluding hydrogens is 222 g/mol. The Hall–Kier alpha value is -0.570. The zero-order chi connectivity index (χ0) is 11.5. The molecule has 0 aromatic heterocycles. The highest BCUT2D eigenvalue weighted by Gasteiger charge is 2.23. The van der Waals surface area contributed by atoms with Gasteiger partial charge in [-0.1, -0.05) is 51.1 Å². The smallest absolute Gasteiger partial charge is 0.0805 e. The molecule has 0 heterocycles. The molecule has 3 heteroatoms. The molecule has 0 spiro atoms. The maximum absolute atomic E-state index is 9.97. The van der Waals surface area contributed by atoms with E-state index in [1.807, 2.05) is 30.3 Å². The normalized spacial score (nSPS) is 15.1. The average molecular weight is 244 g/mol. The minimum Gasteiger partial charge on any atom is -0.388 e. The van der Waals surface area contributed by atoms with Gasteiger partial charge in [0.05, 0.1) is 6.10 Å². The molecule has 0 aliphatic carbocycles. The molecule has 0 fully saturated rings. The highest BCUT2D eigenvalue weighted by Crippen LogP contribution is 2.26. The lowest BCUT2D eigenvalue weighted by Gasteiger charge is -2.28. The molecule has 0 radical (unpaired) electrons. The Labute approximate surface area is 104 Å². The number of aliphatic hydroxyl groups is 1. The summed E-state index contributed by atoms with van der Waals surface area (Å²) in [5, 5.41) is 9.97. The second-order valence-electron chi connectivity index (χ2n) is 5.13. The van der Waals surface area contributed by atoms with E-state index in [1.165, 1.54) is 0 Å². The summed E-state index contributed by atoms with van der Waals surface area (Å²) in [4.78, 5) is 0. The van der Waals surface area contributed by atoms with E-state index < -0.39 is 6.10 Å². The summed E-state index contributed by atoms with van der Waals surface area (Å²) >= 11 is 0. The molecule has 3 N–H and O–H groups in total. The number of hydrogen-bond acceptors (Lipinski definition) is 2. The van der Waals surface area contributed by atoms with Gasteiger partial charge in [-0.3, -0.25) is 0 Å². The Morgan fingerprint density at radius 2 is 1.69 bits per heavy atom. The number of hydrogen-bond donors (Lipinski definition) is 2. The third-order valence-electron chi connectivity index (χ3n) is 2.77. The lowest BCUT2D eigenvalue weighted by molar-refractivity contribution is 0.133. The zero-order valence-electron chi connectivity index (χ0n) is 10.2. The summed E-state index contributed by atoms with van der Waals surface area (Å²) in [6.07, 6.45) is 0.147. The topological polar surface area (TPSA) is 46.2 Å². The van der Waals surface area contributed by atoms with Gasteiger partial charge in [0.25, 0.3) is 0 Å². The van der Waals surface area contributed by atoms with Crippen LogP contribution in [-0.2, 0) is 0 Å². The van der Waals surface area contributed by atoms with Crippen molar-refractivity contribution in [1.29, 1.82) is 0 Å². The minimum absolute atomic E-state index is 0. The fourth-order valence-corrected chi connectivity index (χ4v) is 1.41. The molecule has 16 heavy (non-hydrogen) atoms. The Morgan fingerprint density at radius 3 is 2.12 bits per heavy atom. The largest absolute Gasteiger partial charge is 0.388 e. The highest BCUT2D eigenvalue weighted by atomic mass is 35.5. The van der Waals surface area contributed by atoms with Gasteiger partial charge in [0.1, 0.15) is 0 Å². The van der Waals surface area contributed by atoms with Crippen LogP contribution in [0.3, 0.4) is 0 Å². The molecule has 0 saturated heterocycles. The van der Waals surface area contributed by atoms with Crippen molar-refractivity contribution in [3.8, 4) is 0 Å². The van der Waals surface area contributed by atoms with Crippen LogP contribution in [0.5, 0.6) is 0 Å². The third-order valence-corrected chi connectivity index (χ3v) is 2.77. The first-order chi connectivity index (χ1) is 6.91. The van der Waals surface area contributed by atoms with Crippen molar-refractivity contribution in [2.75, 3.05) is 0 Å². The molecular formula is C13H22ClNO. The first kappa shape index (κ1) is 15.4. The molecule has 1 rings (SSSR count). The highest BCUT2D eigenvalue weighted by molar-refractivity contribution is 5.85. The number of halogens is 1. The Kier molecular flexibility index (Phi) is 6.01. The monoisotopic (exact) mass is 243 g/mol. The van der Waals surface area contributed by atoms with Crippen molar-refractivity contribution >= 4 is 12.4 Å². The van der Waals surface area contributed by atoms with Gasteiger partial charge in [0.15, 0.2) is 0 Å². The van der Waals surface area contributed by atoms with Crippen molar-refractivity contribution in [2.45, 2.75) is 39.3 Å². The van der Waals surface area contributed by atoms with E-state index >= 15 is 0 Å². The summed E-state index contributed by atoms with van der Waals surface area (Å²) in [6, 6.07) is 9.68. The van der Waals surface area contributed by atoms with E-state index in [2.05, 4.69) is 20.8 Å².